The summed E-state index contributed by atoms with van der Waals surface area (Å²) in [6.07, 6.45) is 4.98. The predicted molar refractivity (Wildman–Crippen MR) is 78.8 cm³/mol. The fourth-order valence-corrected chi connectivity index (χ4v) is 3.03. The summed E-state index contributed by atoms with van der Waals surface area (Å²) in [5.41, 5.74) is 0. The maximum atomic E-state index is 11.9. The molecule has 2 atom stereocenters. The van der Waals surface area contributed by atoms with Crippen LogP contribution in [0.25, 0.3) is 0 Å². The molecule has 0 saturated carbocycles. The minimum atomic E-state index is 0.00426. The quantitative estimate of drug-likeness (QED) is 0.602. The van der Waals surface area contributed by atoms with E-state index in [9.17, 15) is 4.79 Å². The second-order valence-electron chi connectivity index (χ2n) is 4.04. The van der Waals surface area contributed by atoms with Gasteiger partial charge in [-0.2, -0.15) is 11.8 Å². The molecule has 102 valence electrons. The molecule has 3 nitrogen and oxygen atoms in total. The lowest BCUT2D eigenvalue weighted by atomic mass is 10.2. The van der Waals surface area contributed by atoms with Gasteiger partial charge in [0.1, 0.15) is 0 Å². The van der Waals surface area contributed by atoms with Crippen molar-refractivity contribution in [2.45, 2.75) is 44.4 Å². The van der Waals surface area contributed by atoms with E-state index in [-0.39, 0.29) is 23.8 Å². The third kappa shape index (κ3) is 8.80. The first kappa shape index (κ1) is 17.1. The summed E-state index contributed by atoms with van der Waals surface area (Å²) in [5, 5.41) is 11.9. The van der Waals surface area contributed by atoms with Crippen molar-refractivity contribution in [3.05, 3.63) is 0 Å². The zero-order valence-electron chi connectivity index (χ0n) is 11.1. The van der Waals surface area contributed by atoms with E-state index >= 15 is 0 Å². The van der Waals surface area contributed by atoms with Gasteiger partial charge in [-0.05, 0) is 31.8 Å². The van der Waals surface area contributed by atoms with Crippen molar-refractivity contribution in [2.24, 2.45) is 0 Å². The molecule has 0 spiro atoms. The molecule has 0 aliphatic heterocycles. The van der Waals surface area contributed by atoms with E-state index < -0.39 is 0 Å². The summed E-state index contributed by atoms with van der Waals surface area (Å²) in [6.45, 7) is 4.23. The molecule has 0 radical (unpaired) electrons. The molecule has 0 fully saturated rings. The Bertz CT molecular complexity index is 197. The summed E-state index contributed by atoms with van der Waals surface area (Å²) in [5.74, 6) is 2.00. The Morgan fingerprint density at radius 1 is 1.47 bits per heavy atom. The minimum Gasteiger partial charge on any atom is -0.396 e. The zero-order valence-corrected chi connectivity index (χ0v) is 12.7. The monoisotopic (exact) mass is 279 g/mol. The molecular weight excluding hydrogens is 254 g/mol. The highest BCUT2D eigenvalue weighted by molar-refractivity contribution is 8.00. The number of hydrogen-bond donors (Lipinski definition) is 2. The van der Waals surface area contributed by atoms with Crippen molar-refractivity contribution in [3.8, 4) is 0 Å². The van der Waals surface area contributed by atoms with Crippen LogP contribution in [0.5, 0.6) is 0 Å². The van der Waals surface area contributed by atoms with Crippen LogP contribution in [-0.2, 0) is 4.79 Å². The summed E-state index contributed by atoms with van der Waals surface area (Å²) in [7, 11) is 0. The number of unbranched alkanes of at least 4 members (excludes halogenated alkanes) is 1. The van der Waals surface area contributed by atoms with Gasteiger partial charge in [0.2, 0.25) is 5.91 Å². The molecule has 0 rings (SSSR count). The summed E-state index contributed by atoms with van der Waals surface area (Å²) in [4.78, 5) is 11.9. The fraction of sp³-hybridized carbons (Fsp3) is 0.917. The van der Waals surface area contributed by atoms with Crippen LogP contribution in [0.1, 0.15) is 33.1 Å². The number of nitrogens with one attached hydrogen (secondary N) is 1. The van der Waals surface area contributed by atoms with Crippen LogP contribution in [-0.4, -0.2) is 46.7 Å². The maximum absolute atomic E-state index is 11.9. The number of amides is 1. The Morgan fingerprint density at radius 3 is 2.71 bits per heavy atom. The van der Waals surface area contributed by atoms with Crippen LogP contribution in [0.2, 0.25) is 0 Å². The van der Waals surface area contributed by atoms with Crippen LogP contribution in [0.4, 0.5) is 0 Å². The van der Waals surface area contributed by atoms with Gasteiger partial charge in [-0.25, -0.2) is 0 Å². The third-order valence-electron chi connectivity index (χ3n) is 2.43. The van der Waals surface area contributed by atoms with E-state index in [2.05, 4.69) is 12.2 Å². The molecule has 17 heavy (non-hydrogen) atoms. The molecule has 0 heterocycles. The molecule has 2 N–H and O–H groups in total. The Morgan fingerprint density at radius 2 is 2.18 bits per heavy atom. The lowest BCUT2D eigenvalue weighted by Gasteiger charge is -2.19. The number of aliphatic hydroxyl groups excluding tert-OH is 1. The van der Waals surface area contributed by atoms with Crippen molar-refractivity contribution in [1.29, 1.82) is 0 Å². The minimum absolute atomic E-state index is 0.00426. The molecule has 1 amide bonds. The van der Waals surface area contributed by atoms with Crippen molar-refractivity contribution >= 4 is 29.4 Å². The SMILES string of the molecule is CCCCS[C@H](C)C(=O)N[C@H](CCO)CSC. The summed E-state index contributed by atoms with van der Waals surface area (Å²) < 4.78 is 0. The number of aliphatic hydroxyl groups is 1. The molecule has 0 saturated heterocycles. The van der Waals surface area contributed by atoms with Gasteiger partial charge >= 0.3 is 0 Å². The van der Waals surface area contributed by atoms with Crippen LogP contribution in [0.15, 0.2) is 0 Å². The third-order valence-corrected chi connectivity index (χ3v) is 4.40. The largest absolute Gasteiger partial charge is 0.396 e. The van der Waals surface area contributed by atoms with Gasteiger partial charge in [0.05, 0.1) is 5.25 Å². The van der Waals surface area contributed by atoms with Gasteiger partial charge in [0, 0.05) is 18.4 Å². The molecule has 5 heteroatoms. The lowest BCUT2D eigenvalue weighted by molar-refractivity contribution is -0.120. The van der Waals surface area contributed by atoms with Gasteiger partial charge in [0.25, 0.3) is 0 Å². The van der Waals surface area contributed by atoms with Crippen molar-refractivity contribution in [3.63, 3.8) is 0 Å². The van der Waals surface area contributed by atoms with E-state index in [1.54, 1.807) is 23.5 Å². The first-order chi connectivity index (χ1) is 8.15. The Balaban J connectivity index is 3.92. The number of rotatable bonds is 10. The molecule has 0 aromatic carbocycles. The molecule has 0 unspecified atom stereocenters. The topological polar surface area (TPSA) is 49.3 Å². The maximum Gasteiger partial charge on any atom is 0.233 e. The van der Waals surface area contributed by atoms with Gasteiger partial charge in [-0.3, -0.25) is 4.79 Å². The highest BCUT2D eigenvalue weighted by atomic mass is 32.2. The van der Waals surface area contributed by atoms with E-state index in [1.165, 1.54) is 6.42 Å². The first-order valence-corrected chi connectivity index (χ1v) is 8.61. The zero-order chi connectivity index (χ0) is 13.1. The van der Waals surface area contributed by atoms with E-state index in [1.807, 2.05) is 13.2 Å². The van der Waals surface area contributed by atoms with Crippen LogP contribution >= 0.6 is 23.5 Å². The molecular formula is C12H25NO2S2. The van der Waals surface area contributed by atoms with E-state index in [0.717, 1.165) is 17.9 Å². The Kier molecular flexibility index (Phi) is 11.3. The van der Waals surface area contributed by atoms with Gasteiger partial charge in [-0.15, -0.1) is 11.8 Å². The number of carbonyl (C=O) groups is 1. The summed E-state index contributed by atoms with van der Waals surface area (Å²) >= 11 is 3.40. The van der Waals surface area contributed by atoms with Crippen LogP contribution in [0.3, 0.4) is 0 Å². The highest BCUT2D eigenvalue weighted by Gasteiger charge is 2.17. The van der Waals surface area contributed by atoms with Crippen molar-refractivity contribution in [2.75, 3.05) is 24.4 Å². The standard InChI is InChI=1S/C12H25NO2S2/c1-4-5-8-17-10(2)12(15)13-11(6-7-14)9-16-3/h10-11,14H,4-9H2,1-3H3,(H,13,15)/t10-,11-/m1/s1. The normalized spacial score (nSPS) is 14.4. The molecule has 0 bridgehead atoms. The predicted octanol–water partition coefficient (Wildman–Crippen LogP) is 2.14. The number of hydrogen-bond acceptors (Lipinski definition) is 4. The molecule has 0 aromatic heterocycles. The van der Waals surface area contributed by atoms with Crippen molar-refractivity contribution in [1.82, 2.24) is 5.32 Å². The second-order valence-corrected chi connectivity index (χ2v) is 6.40. The van der Waals surface area contributed by atoms with E-state index in [0.29, 0.717) is 6.42 Å². The number of carbonyl (C=O) groups excluding carboxylic acids is 1. The number of thioether (sulfide) groups is 2. The van der Waals surface area contributed by atoms with Crippen LogP contribution in [0, 0.1) is 0 Å². The molecule has 0 aromatic rings. The lowest BCUT2D eigenvalue weighted by Crippen LogP contribution is -2.41. The van der Waals surface area contributed by atoms with Gasteiger partial charge in [-0.1, -0.05) is 13.3 Å². The fourth-order valence-electron chi connectivity index (χ4n) is 1.35. The average molecular weight is 279 g/mol. The van der Waals surface area contributed by atoms with Crippen molar-refractivity contribution < 1.29 is 9.90 Å². The highest BCUT2D eigenvalue weighted by Crippen LogP contribution is 2.13. The Hall–Kier alpha value is 0.130. The molecule has 0 aliphatic rings. The van der Waals surface area contributed by atoms with Crippen LogP contribution < -0.4 is 5.32 Å². The average Bonchev–Trinajstić information content (AvgIpc) is 2.29. The van der Waals surface area contributed by atoms with E-state index in [4.69, 9.17) is 5.11 Å². The molecule has 0 aliphatic carbocycles. The summed E-state index contributed by atoms with van der Waals surface area (Å²) in [6, 6.07) is 0.0942. The van der Waals surface area contributed by atoms with Gasteiger partial charge in [0.15, 0.2) is 0 Å². The smallest absolute Gasteiger partial charge is 0.233 e. The van der Waals surface area contributed by atoms with Gasteiger partial charge < -0.3 is 10.4 Å². The Labute approximate surface area is 114 Å². The second kappa shape index (κ2) is 11.2. The first-order valence-electron chi connectivity index (χ1n) is 6.17.